The van der Waals surface area contributed by atoms with Gasteiger partial charge in [0.05, 0.1) is 0 Å². The van der Waals surface area contributed by atoms with Gasteiger partial charge in [-0.25, -0.2) is 0 Å². The zero-order chi connectivity index (χ0) is 11.5. The molecular weight excluding hydrogens is 244 g/mol. The Kier molecular flexibility index (Phi) is 10.3. The fourth-order valence-corrected chi connectivity index (χ4v) is 8.75. The third-order valence-corrected chi connectivity index (χ3v) is 10.6. The van der Waals surface area contributed by atoms with Crippen LogP contribution in [0.5, 0.6) is 0 Å². The van der Waals surface area contributed by atoms with E-state index in [0.717, 1.165) is 12.8 Å². The Morgan fingerprint density at radius 3 is 2.07 bits per heavy atom. The van der Waals surface area contributed by atoms with E-state index in [4.69, 9.17) is 0 Å². The molecule has 2 nitrogen and oxygen atoms in total. The Labute approximate surface area is 100 Å². The second-order valence-corrected chi connectivity index (χ2v) is 10.5. The van der Waals surface area contributed by atoms with Crippen molar-refractivity contribution in [2.75, 3.05) is 6.54 Å². The number of nitrogens with zero attached hydrogens (tertiary/aromatic N) is 1. The van der Waals surface area contributed by atoms with Gasteiger partial charge >= 0.3 is 100.0 Å². The summed E-state index contributed by atoms with van der Waals surface area (Å²) in [6, 6.07) is 0. The number of carbonyl (C=O) groups excluding carboxylic acids is 1. The van der Waals surface area contributed by atoms with E-state index in [1.807, 2.05) is 6.20 Å². The average molecular weight is 268 g/mol. The van der Waals surface area contributed by atoms with Crippen LogP contribution in [0.4, 0.5) is 0 Å². The fraction of sp³-hybridized carbons (Fsp3) is 0.750. The molecule has 0 aromatic heterocycles. The van der Waals surface area contributed by atoms with Gasteiger partial charge < -0.3 is 0 Å². The number of hydrogen-bond acceptors (Lipinski definition) is 2. The molecule has 0 fully saturated rings. The molecule has 3 heteroatoms. The maximum absolute atomic E-state index is 10.4. The van der Waals surface area contributed by atoms with E-state index < -0.39 is 16.5 Å². The molecule has 15 heavy (non-hydrogen) atoms. The normalized spacial score (nSPS) is 10.6. The summed E-state index contributed by atoms with van der Waals surface area (Å²) in [5, 5.41) is 0. The summed E-state index contributed by atoms with van der Waals surface area (Å²) in [6.07, 6.45) is 8.34. The summed E-state index contributed by atoms with van der Waals surface area (Å²) in [5.41, 5.74) is 0. The van der Waals surface area contributed by atoms with Crippen LogP contribution in [0, 0.1) is 0 Å². The molecule has 0 N–H and O–H groups in total. The Morgan fingerprint density at radius 2 is 1.67 bits per heavy atom. The summed E-state index contributed by atoms with van der Waals surface area (Å²) in [7, 11) is 0. The Balaban J connectivity index is 4.34. The second kappa shape index (κ2) is 10.4. The van der Waals surface area contributed by atoms with Crippen LogP contribution in [0.2, 0.25) is 9.95 Å². The number of rotatable bonds is 9. The fourth-order valence-electron chi connectivity index (χ4n) is 1.93. The average Bonchev–Trinajstić information content (AvgIpc) is 2.24. The van der Waals surface area contributed by atoms with Gasteiger partial charge in [0, 0.05) is 0 Å². The van der Waals surface area contributed by atoms with Gasteiger partial charge in [-0.2, -0.15) is 0 Å². The molecule has 0 spiro atoms. The molecule has 0 heterocycles. The van der Waals surface area contributed by atoms with E-state index in [9.17, 15) is 4.79 Å². The molecule has 0 saturated heterocycles. The van der Waals surface area contributed by atoms with E-state index in [2.05, 4.69) is 24.4 Å². The third-order valence-electron chi connectivity index (χ3n) is 2.55. The maximum atomic E-state index is 10.4. The molecule has 0 bridgehead atoms. The minimum atomic E-state index is -1.31. The standard InChI is InChI=1S/C6H11NO.2C3H7.Ga/c1-2-4-7-5-3-6-8;2*1-3-2;/h3,5-6H,2,4H2,1H3,(H,7,8);2*1,3H2,2H3;/q;;;+1/p-1. The summed E-state index contributed by atoms with van der Waals surface area (Å²) >= 11 is -1.31. The van der Waals surface area contributed by atoms with Crippen molar-refractivity contribution in [2.24, 2.45) is 0 Å². The first-order valence-electron chi connectivity index (χ1n) is 6.17. The zero-order valence-corrected chi connectivity index (χ0v) is 12.8. The van der Waals surface area contributed by atoms with Gasteiger partial charge in [-0.1, -0.05) is 0 Å². The first-order valence-corrected chi connectivity index (χ1v) is 10.7. The number of hydrogen-bond donors (Lipinski definition) is 0. The van der Waals surface area contributed by atoms with E-state index in [-0.39, 0.29) is 0 Å². The van der Waals surface area contributed by atoms with Crippen LogP contribution in [0.3, 0.4) is 0 Å². The van der Waals surface area contributed by atoms with Gasteiger partial charge in [-0.05, 0) is 0 Å². The van der Waals surface area contributed by atoms with Crippen LogP contribution in [0.1, 0.15) is 40.0 Å². The van der Waals surface area contributed by atoms with E-state index in [0.29, 0.717) is 0 Å². The molecule has 0 radical (unpaired) electrons. The molecule has 0 aromatic rings. The van der Waals surface area contributed by atoms with Crippen molar-refractivity contribution >= 4 is 22.7 Å². The molecule has 0 aliphatic rings. The van der Waals surface area contributed by atoms with Crippen LogP contribution < -0.4 is 0 Å². The van der Waals surface area contributed by atoms with Crippen molar-refractivity contribution in [3.05, 3.63) is 12.3 Å². The van der Waals surface area contributed by atoms with Crippen molar-refractivity contribution in [3.8, 4) is 0 Å². The van der Waals surface area contributed by atoms with Crippen molar-refractivity contribution in [2.45, 2.75) is 50.0 Å². The quantitative estimate of drug-likeness (QED) is 0.363. The number of carbonyl (C=O) groups is 1. The molecule has 0 rings (SSSR count). The number of allylic oxidation sites excluding steroid dienone is 1. The van der Waals surface area contributed by atoms with Gasteiger partial charge in [0.25, 0.3) is 0 Å². The molecule has 0 saturated carbocycles. The van der Waals surface area contributed by atoms with Crippen LogP contribution in [0.15, 0.2) is 12.3 Å². The summed E-state index contributed by atoms with van der Waals surface area (Å²) in [4.78, 5) is 13.2. The number of aldehydes is 1. The van der Waals surface area contributed by atoms with E-state index >= 15 is 0 Å². The van der Waals surface area contributed by atoms with Crippen LogP contribution >= 0.6 is 0 Å². The predicted molar refractivity (Wildman–Crippen MR) is 68.2 cm³/mol. The van der Waals surface area contributed by atoms with Gasteiger partial charge in [0.2, 0.25) is 0 Å². The zero-order valence-electron chi connectivity index (χ0n) is 10.4. The van der Waals surface area contributed by atoms with Crippen LogP contribution in [-0.4, -0.2) is 32.9 Å². The first-order chi connectivity index (χ1) is 7.29. The molecular formula is C12H24GaNO. The molecule has 0 amide bonds. The van der Waals surface area contributed by atoms with Crippen molar-refractivity contribution < 1.29 is 4.79 Å². The van der Waals surface area contributed by atoms with Crippen LogP contribution in [0.25, 0.3) is 0 Å². The van der Waals surface area contributed by atoms with Gasteiger partial charge in [-0.3, -0.25) is 0 Å². The molecule has 86 valence electrons. The molecule has 0 atom stereocenters. The Bertz CT molecular complexity index is 176. The predicted octanol–water partition coefficient (Wildman–Crippen LogP) is 3.22. The SMILES string of the molecule is CCC[N](/C=C\C=O)[Ga]([CH2]CC)[CH2]CC. The van der Waals surface area contributed by atoms with Crippen molar-refractivity contribution in [1.29, 1.82) is 0 Å². The van der Waals surface area contributed by atoms with Gasteiger partial charge in [-0.15, -0.1) is 0 Å². The van der Waals surface area contributed by atoms with Gasteiger partial charge in [0.1, 0.15) is 0 Å². The van der Waals surface area contributed by atoms with E-state index in [1.54, 1.807) is 6.08 Å². The molecule has 0 unspecified atom stereocenters. The minimum absolute atomic E-state index is 0.889. The monoisotopic (exact) mass is 267 g/mol. The topological polar surface area (TPSA) is 20.3 Å². The summed E-state index contributed by atoms with van der Waals surface area (Å²) in [5.74, 6) is 0. The molecule has 0 aliphatic heterocycles. The molecule has 0 aromatic carbocycles. The summed E-state index contributed by atoms with van der Waals surface area (Å²) in [6.45, 7) is 7.87. The van der Waals surface area contributed by atoms with Crippen molar-refractivity contribution in [1.82, 2.24) is 3.61 Å². The van der Waals surface area contributed by atoms with Crippen LogP contribution in [-0.2, 0) is 4.79 Å². The summed E-state index contributed by atoms with van der Waals surface area (Å²) < 4.78 is 2.51. The van der Waals surface area contributed by atoms with Gasteiger partial charge in [0.15, 0.2) is 0 Å². The first kappa shape index (κ1) is 14.8. The Morgan fingerprint density at radius 1 is 1.07 bits per heavy atom. The van der Waals surface area contributed by atoms with E-state index in [1.165, 1.54) is 29.2 Å². The van der Waals surface area contributed by atoms with Crippen molar-refractivity contribution in [3.63, 3.8) is 0 Å². The third kappa shape index (κ3) is 6.85. The molecule has 0 aliphatic carbocycles. The second-order valence-electron chi connectivity index (χ2n) is 3.95. The Hall–Kier alpha value is -0.154.